The van der Waals surface area contributed by atoms with Gasteiger partial charge in [0.25, 0.3) is 11.8 Å². The lowest BCUT2D eigenvalue weighted by molar-refractivity contribution is -0.123. The van der Waals surface area contributed by atoms with Crippen molar-refractivity contribution in [2.75, 3.05) is 5.75 Å². The number of para-hydroxylation sites is 2. The van der Waals surface area contributed by atoms with Gasteiger partial charge in [0.2, 0.25) is 11.8 Å². The van der Waals surface area contributed by atoms with Crippen LogP contribution in [0.4, 0.5) is 0 Å². The molecule has 0 saturated heterocycles. The largest absolute Gasteiger partial charge is 0.274 e. The van der Waals surface area contributed by atoms with Crippen LogP contribution in [0, 0.1) is 0 Å². The number of fused-ring (bicyclic) bond motifs is 2. The number of thioether (sulfide) groups is 1. The molecule has 4 rings (SSSR count). The van der Waals surface area contributed by atoms with Gasteiger partial charge >= 0.3 is 0 Å². The van der Waals surface area contributed by atoms with Crippen molar-refractivity contribution >= 4 is 46.4 Å². The average molecular weight is 379 g/mol. The molecular weight excluding hydrogens is 366 g/mol. The molecule has 0 radical (unpaired) electrons. The van der Waals surface area contributed by atoms with Gasteiger partial charge in [-0.25, -0.2) is 9.88 Å². The van der Waals surface area contributed by atoms with Gasteiger partial charge in [0.15, 0.2) is 5.16 Å². The Hall–Kier alpha value is -3.26. The molecule has 0 saturated carbocycles. The van der Waals surface area contributed by atoms with Gasteiger partial charge < -0.3 is 0 Å². The summed E-state index contributed by atoms with van der Waals surface area (Å²) in [6, 6.07) is 13.4. The van der Waals surface area contributed by atoms with E-state index in [-0.39, 0.29) is 22.8 Å². The van der Waals surface area contributed by atoms with Crippen LogP contribution >= 0.6 is 11.8 Å². The van der Waals surface area contributed by atoms with E-state index in [1.165, 1.54) is 23.6 Å². The molecule has 1 aromatic heterocycles. The number of carbonyl (C=O) groups is 4. The van der Waals surface area contributed by atoms with Gasteiger partial charge in [0.05, 0.1) is 27.9 Å². The average Bonchev–Trinajstić information content (AvgIpc) is 3.16. The lowest BCUT2D eigenvalue weighted by atomic mass is 10.1. The number of hydrogen-bond acceptors (Lipinski definition) is 6. The van der Waals surface area contributed by atoms with Crippen LogP contribution in [-0.2, 0) is 4.79 Å². The number of amides is 3. The van der Waals surface area contributed by atoms with Crippen LogP contribution in [0.5, 0.6) is 0 Å². The van der Waals surface area contributed by atoms with Crippen molar-refractivity contribution in [3.05, 3.63) is 59.7 Å². The molecule has 0 unspecified atom stereocenters. The van der Waals surface area contributed by atoms with E-state index >= 15 is 0 Å². The molecule has 134 valence electrons. The third kappa shape index (κ3) is 2.74. The Balaban J connectivity index is 1.58. The second-order valence-corrected chi connectivity index (χ2v) is 6.85. The number of aromatic nitrogens is 2. The summed E-state index contributed by atoms with van der Waals surface area (Å²) >= 11 is 1.01. The fourth-order valence-electron chi connectivity index (χ4n) is 3.01. The highest BCUT2D eigenvalue weighted by Crippen LogP contribution is 2.27. The van der Waals surface area contributed by atoms with Crippen molar-refractivity contribution in [3.63, 3.8) is 0 Å². The molecule has 27 heavy (non-hydrogen) atoms. The van der Waals surface area contributed by atoms with Crippen LogP contribution in [0.3, 0.4) is 0 Å². The van der Waals surface area contributed by atoms with Crippen LogP contribution in [0.25, 0.3) is 11.0 Å². The fraction of sp³-hybridized carbons (Fsp3) is 0.105. The van der Waals surface area contributed by atoms with Crippen molar-refractivity contribution in [1.82, 2.24) is 14.5 Å². The predicted molar refractivity (Wildman–Crippen MR) is 98.7 cm³/mol. The van der Waals surface area contributed by atoms with E-state index in [1.54, 1.807) is 36.4 Å². The van der Waals surface area contributed by atoms with Gasteiger partial charge in [-0.1, -0.05) is 36.0 Å². The molecule has 0 atom stereocenters. The summed E-state index contributed by atoms with van der Waals surface area (Å²) in [5, 5.41) is 0.341. The molecule has 0 bridgehead atoms. The minimum absolute atomic E-state index is 0.192. The number of imide groups is 3. The minimum atomic E-state index is -0.645. The molecule has 1 aliphatic rings. The highest BCUT2D eigenvalue weighted by atomic mass is 32.2. The number of imidazole rings is 1. The highest BCUT2D eigenvalue weighted by molar-refractivity contribution is 7.99. The first-order valence-electron chi connectivity index (χ1n) is 8.11. The number of carbonyl (C=O) groups excluding carboxylic acids is 4. The van der Waals surface area contributed by atoms with E-state index in [2.05, 4.69) is 4.98 Å². The second kappa shape index (κ2) is 6.48. The summed E-state index contributed by atoms with van der Waals surface area (Å²) in [6.07, 6.45) is 0. The van der Waals surface area contributed by atoms with Crippen LogP contribution in [-0.4, -0.2) is 43.8 Å². The van der Waals surface area contributed by atoms with Crippen molar-refractivity contribution in [2.45, 2.75) is 12.1 Å². The zero-order valence-corrected chi connectivity index (χ0v) is 15.0. The minimum Gasteiger partial charge on any atom is -0.274 e. The molecule has 1 aliphatic heterocycles. The maximum atomic E-state index is 12.5. The number of rotatable bonds is 3. The van der Waals surface area contributed by atoms with Gasteiger partial charge in [-0.3, -0.25) is 23.7 Å². The number of nitrogens with zero attached hydrogens (tertiary/aromatic N) is 3. The van der Waals surface area contributed by atoms with Gasteiger partial charge in [-0.15, -0.1) is 0 Å². The lowest BCUT2D eigenvalue weighted by Gasteiger charge is -2.11. The summed E-state index contributed by atoms with van der Waals surface area (Å²) in [4.78, 5) is 54.3. The molecule has 2 heterocycles. The first kappa shape index (κ1) is 17.2. The highest BCUT2D eigenvalue weighted by Gasteiger charge is 2.39. The zero-order chi connectivity index (χ0) is 19.1. The Bertz CT molecular complexity index is 1100. The predicted octanol–water partition coefficient (Wildman–Crippen LogP) is 2.61. The van der Waals surface area contributed by atoms with Crippen molar-refractivity contribution in [3.8, 4) is 0 Å². The summed E-state index contributed by atoms with van der Waals surface area (Å²) in [7, 11) is 0. The Kier molecular flexibility index (Phi) is 4.12. The molecular formula is C19H13N3O4S. The van der Waals surface area contributed by atoms with Gasteiger partial charge in [-0.05, 0) is 24.3 Å². The standard InChI is InChI=1S/C19H13N3O4S/c1-11(23)21-15-9-5-4-8-14(15)20-19(21)27-10-16(24)22-17(25)12-6-2-3-7-13(12)18(22)26/h2-9H,10H2,1H3. The van der Waals surface area contributed by atoms with Gasteiger partial charge in [-0.2, -0.15) is 0 Å². The van der Waals surface area contributed by atoms with Gasteiger partial charge in [0, 0.05) is 6.92 Å². The fourth-order valence-corrected chi connectivity index (χ4v) is 3.91. The van der Waals surface area contributed by atoms with Crippen LogP contribution in [0.1, 0.15) is 32.4 Å². The monoisotopic (exact) mass is 379 g/mol. The number of benzene rings is 2. The molecule has 2 aromatic carbocycles. The van der Waals surface area contributed by atoms with Crippen LogP contribution in [0.15, 0.2) is 53.7 Å². The summed E-state index contributed by atoms with van der Waals surface area (Å²) in [6.45, 7) is 1.41. The molecule has 0 aliphatic carbocycles. The van der Waals surface area contributed by atoms with E-state index in [1.807, 2.05) is 0 Å². The molecule has 0 fully saturated rings. The third-order valence-electron chi connectivity index (χ3n) is 4.21. The molecule has 8 heteroatoms. The van der Waals surface area contributed by atoms with Crippen LogP contribution in [0.2, 0.25) is 0 Å². The van der Waals surface area contributed by atoms with Crippen molar-refractivity contribution in [1.29, 1.82) is 0 Å². The van der Waals surface area contributed by atoms with E-state index in [0.717, 1.165) is 11.8 Å². The summed E-state index contributed by atoms with van der Waals surface area (Å²) in [5.74, 6) is -2.32. The second-order valence-electron chi connectivity index (χ2n) is 5.91. The van der Waals surface area contributed by atoms with E-state index in [9.17, 15) is 19.2 Å². The molecule has 7 nitrogen and oxygen atoms in total. The first-order valence-corrected chi connectivity index (χ1v) is 9.09. The molecule has 3 amide bonds. The van der Waals surface area contributed by atoms with E-state index in [4.69, 9.17) is 0 Å². The Morgan fingerprint density at radius 1 is 0.963 bits per heavy atom. The van der Waals surface area contributed by atoms with Crippen LogP contribution < -0.4 is 0 Å². The zero-order valence-electron chi connectivity index (χ0n) is 14.2. The van der Waals surface area contributed by atoms with E-state index < -0.39 is 17.7 Å². The summed E-state index contributed by atoms with van der Waals surface area (Å²) < 4.78 is 1.41. The van der Waals surface area contributed by atoms with Gasteiger partial charge in [0.1, 0.15) is 0 Å². The van der Waals surface area contributed by atoms with E-state index in [0.29, 0.717) is 21.1 Å². The SMILES string of the molecule is CC(=O)n1c(SCC(=O)N2C(=O)c3ccccc3C2=O)nc2ccccc21. The summed E-state index contributed by atoms with van der Waals surface area (Å²) in [5.41, 5.74) is 1.71. The molecule has 0 spiro atoms. The number of hydrogen-bond donors (Lipinski definition) is 0. The molecule has 0 N–H and O–H groups in total. The Morgan fingerprint density at radius 3 is 2.19 bits per heavy atom. The van der Waals surface area contributed by atoms with Crippen molar-refractivity contribution < 1.29 is 19.2 Å². The Morgan fingerprint density at radius 2 is 1.56 bits per heavy atom. The normalized spacial score (nSPS) is 13.3. The molecule has 3 aromatic rings. The third-order valence-corrected chi connectivity index (χ3v) is 5.14. The quantitative estimate of drug-likeness (QED) is 0.513. The maximum Gasteiger partial charge on any atom is 0.268 e. The van der Waals surface area contributed by atoms with Crippen molar-refractivity contribution in [2.24, 2.45) is 0 Å². The smallest absolute Gasteiger partial charge is 0.268 e. The lowest BCUT2D eigenvalue weighted by Crippen LogP contribution is -2.37. The topological polar surface area (TPSA) is 89.3 Å². The Labute approximate surface area is 158 Å². The first-order chi connectivity index (χ1) is 13.0. The maximum absolute atomic E-state index is 12.5.